The van der Waals surface area contributed by atoms with E-state index in [2.05, 4.69) is 29.6 Å². The van der Waals surface area contributed by atoms with E-state index in [4.69, 9.17) is 4.74 Å². The van der Waals surface area contributed by atoms with E-state index in [0.29, 0.717) is 0 Å². The van der Waals surface area contributed by atoms with Crippen LogP contribution in [0.15, 0.2) is 42.5 Å². The van der Waals surface area contributed by atoms with Crippen LogP contribution in [0.25, 0.3) is 11.8 Å². The van der Waals surface area contributed by atoms with Gasteiger partial charge < -0.3 is 4.74 Å². The van der Waals surface area contributed by atoms with Crippen molar-refractivity contribution >= 4 is 17.5 Å². The standard InChI is InChI=1S/C16H14NO/c1-11-7-8-13(10-16(11)18-2)15-9-12-5-3-4-6-14(12)17-15/h3-10H,1-2H3. The number of hydrogen-bond donors (Lipinski definition) is 0. The van der Waals surface area contributed by atoms with E-state index in [-0.39, 0.29) is 0 Å². The summed E-state index contributed by atoms with van der Waals surface area (Å²) in [6, 6.07) is 14.3. The number of rotatable bonds is 2. The van der Waals surface area contributed by atoms with E-state index in [9.17, 15) is 0 Å². The molecule has 1 heterocycles. The summed E-state index contributed by atoms with van der Waals surface area (Å²) in [7, 11) is 1.70. The van der Waals surface area contributed by atoms with Crippen molar-refractivity contribution in [3.8, 4) is 5.75 Å². The summed E-state index contributed by atoms with van der Waals surface area (Å²) < 4.78 is 5.35. The number of aryl methyl sites for hydroxylation is 1. The van der Waals surface area contributed by atoms with Gasteiger partial charge in [0.2, 0.25) is 0 Å². The van der Waals surface area contributed by atoms with Crippen LogP contribution in [0.5, 0.6) is 5.75 Å². The Kier molecular flexibility index (Phi) is 2.56. The highest BCUT2D eigenvalue weighted by Crippen LogP contribution is 2.33. The second-order valence-corrected chi connectivity index (χ2v) is 4.38. The molecule has 3 rings (SSSR count). The third-order valence-electron chi connectivity index (χ3n) is 3.17. The Bertz CT molecular complexity index is 629. The first kappa shape index (κ1) is 10.9. The van der Waals surface area contributed by atoms with E-state index in [1.165, 1.54) is 5.56 Å². The van der Waals surface area contributed by atoms with Gasteiger partial charge in [-0.2, -0.15) is 0 Å². The van der Waals surface area contributed by atoms with E-state index in [0.717, 1.165) is 28.3 Å². The van der Waals surface area contributed by atoms with E-state index >= 15 is 0 Å². The number of hydrogen-bond acceptors (Lipinski definition) is 1. The molecule has 0 bridgehead atoms. The highest BCUT2D eigenvalue weighted by Gasteiger charge is 2.15. The second-order valence-electron chi connectivity index (χ2n) is 4.38. The highest BCUT2D eigenvalue weighted by molar-refractivity contribution is 5.91. The van der Waals surface area contributed by atoms with Crippen LogP contribution in [-0.2, 0) is 0 Å². The first-order valence-corrected chi connectivity index (χ1v) is 5.95. The van der Waals surface area contributed by atoms with Crippen molar-refractivity contribution in [2.24, 2.45) is 0 Å². The maximum Gasteiger partial charge on any atom is 0.122 e. The fourth-order valence-corrected chi connectivity index (χ4v) is 2.15. The zero-order valence-electron chi connectivity index (χ0n) is 10.5. The number of benzene rings is 2. The van der Waals surface area contributed by atoms with Crippen molar-refractivity contribution in [1.29, 1.82) is 0 Å². The summed E-state index contributed by atoms with van der Waals surface area (Å²) >= 11 is 0. The maximum absolute atomic E-state index is 5.35. The number of methoxy groups -OCH3 is 1. The molecule has 0 N–H and O–H groups in total. The number of fused-ring (bicyclic) bond motifs is 1. The molecule has 1 aliphatic heterocycles. The van der Waals surface area contributed by atoms with Crippen LogP contribution in [0, 0.1) is 6.92 Å². The normalized spacial score (nSPS) is 12.7. The molecule has 0 aromatic heterocycles. The third-order valence-corrected chi connectivity index (χ3v) is 3.17. The molecule has 0 unspecified atom stereocenters. The Balaban J connectivity index is 1.99. The largest absolute Gasteiger partial charge is 0.496 e. The van der Waals surface area contributed by atoms with Gasteiger partial charge >= 0.3 is 0 Å². The predicted molar refractivity (Wildman–Crippen MR) is 73.8 cm³/mol. The molecule has 18 heavy (non-hydrogen) atoms. The summed E-state index contributed by atoms with van der Waals surface area (Å²) in [5.74, 6) is 0.902. The van der Waals surface area contributed by atoms with Crippen molar-refractivity contribution in [3.05, 3.63) is 59.2 Å². The highest BCUT2D eigenvalue weighted by atomic mass is 16.5. The fraction of sp³-hybridized carbons (Fsp3) is 0.125. The van der Waals surface area contributed by atoms with Gasteiger partial charge in [-0.3, -0.25) is 0 Å². The maximum atomic E-state index is 5.35. The summed E-state index contributed by atoms with van der Waals surface area (Å²) in [5.41, 5.74) is 5.43. The van der Waals surface area contributed by atoms with Gasteiger partial charge in [-0.15, -0.1) is 0 Å². The summed E-state index contributed by atoms with van der Waals surface area (Å²) in [4.78, 5) is 0. The van der Waals surface area contributed by atoms with Crippen LogP contribution in [0.4, 0.5) is 5.69 Å². The molecule has 0 saturated heterocycles. The van der Waals surface area contributed by atoms with Gasteiger partial charge in [0.1, 0.15) is 5.75 Å². The zero-order chi connectivity index (χ0) is 12.5. The molecule has 2 nitrogen and oxygen atoms in total. The molecule has 2 aromatic carbocycles. The molecule has 0 atom stereocenters. The first-order valence-electron chi connectivity index (χ1n) is 5.95. The molecular weight excluding hydrogens is 222 g/mol. The lowest BCUT2D eigenvalue weighted by molar-refractivity contribution is 0.411. The van der Waals surface area contributed by atoms with Gasteiger partial charge in [-0.1, -0.05) is 30.3 Å². The predicted octanol–water partition coefficient (Wildman–Crippen LogP) is 3.75. The van der Waals surface area contributed by atoms with Crippen LogP contribution >= 0.6 is 0 Å². The Hall–Kier alpha value is -2.22. The quantitative estimate of drug-likeness (QED) is 0.778. The minimum absolute atomic E-state index is 0.902. The number of ether oxygens (including phenoxy) is 1. The average molecular weight is 236 g/mol. The topological polar surface area (TPSA) is 23.3 Å². The molecule has 0 saturated carbocycles. The monoisotopic (exact) mass is 236 g/mol. The minimum atomic E-state index is 0.902. The van der Waals surface area contributed by atoms with Crippen LogP contribution in [0.2, 0.25) is 0 Å². The van der Waals surface area contributed by atoms with E-state index in [1.54, 1.807) is 7.11 Å². The summed E-state index contributed by atoms with van der Waals surface area (Å²) in [6.07, 6.45) is 2.11. The van der Waals surface area contributed by atoms with E-state index in [1.807, 2.05) is 31.2 Å². The molecule has 1 aliphatic rings. The van der Waals surface area contributed by atoms with Crippen molar-refractivity contribution < 1.29 is 4.74 Å². The molecular formula is C16H14NO. The lowest BCUT2D eigenvalue weighted by Crippen LogP contribution is -1.94. The number of nitrogens with zero attached hydrogens (tertiary/aromatic N) is 1. The van der Waals surface area contributed by atoms with Crippen LogP contribution in [0.1, 0.15) is 16.7 Å². The summed E-state index contributed by atoms with van der Waals surface area (Å²) in [5, 5.41) is 4.63. The van der Waals surface area contributed by atoms with Crippen LogP contribution in [0.3, 0.4) is 0 Å². The van der Waals surface area contributed by atoms with Gasteiger partial charge in [-0.05, 0) is 30.7 Å². The van der Waals surface area contributed by atoms with Crippen molar-refractivity contribution in [2.45, 2.75) is 6.92 Å². The van der Waals surface area contributed by atoms with Gasteiger partial charge in [0.15, 0.2) is 0 Å². The fourth-order valence-electron chi connectivity index (χ4n) is 2.15. The van der Waals surface area contributed by atoms with E-state index < -0.39 is 0 Å². The van der Waals surface area contributed by atoms with Crippen molar-refractivity contribution in [1.82, 2.24) is 5.32 Å². The van der Waals surface area contributed by atoms with Crippen molar-refractivity contribution in [2.75, 3.05) is 7.11 Å². The van der Waals surface area contributed by atoms with Gasteiger partial charge in [0.25, 0.3) is 0 Å². The molecule has 1 radical (unpaired) electrons. The number of para-hydroxylation sites is 1. The Labute approximate surface area is 107 Å². The third kappa shape index (κ3) is 1.76. The SMILES string of the molecule is COc1cc(C2=Cc3ccccc3[N]2)ccc1C. The zero-order valence-corrected chi connectivity index (χ0v) is 10.5. The Morgan fingerprint density at radius 1 is 1.06 bits per heavy atom. The first-order chi connectivity index (χ1) is 8.78. The lowest BCUT2D eigenvalue weighted by Gasteiger charge is -2.08. The lowest BCUT2D eigenvalue weighted by atomic mass is 10.1. The van der Waals surface area contributed by atoms with Gasteiger partial charge in [0, 0.05) is 11.1 Å². The molecule has 89 valence electrons. The average Bonchev–Trinajstić information content (AvgIpc) is 2.83. The van der Waals surface area contributed by atoms with Crippen LogP contribution < -0.4 is 10.1 Å². The van der Waals surface area contributed by atoms with Gasteiger partial charge in [0.05, 0.1) is 18.5 Å². The summed E-state index contributed by atoms with van der Waals surface area (Å²) in [6.45, 7) is 2.04. The minimum Gasteiger partial charge on any atom is -0.496 e. The molecule has 0 fully saturated rings. The Morgan fingerprint density at radius 2 is 1.89 bits per heavy atom. The smallest absolute Gasteiger partial charge is 0.122 e. The molecule has 2 heteroatoms. The second kappa shape index (κ2) is 4.22. The van der Waals surface area contributed by atoms with Crippen LogP contribution in [-0.4, -0.2) is 7.11 Å². The van der Waals surface area contributed by atoms with Crippen molar-refractivity contribution in [3.63, 3.8) is 0 Å². The molecule has 0 amide bonds. The molecule has 0 spiro atoms. The Morgan fingerprint density at radius 3 is 2.67 bits per heavy atom. The molecule has 0 aliphatic carbocycles. The van der Waals surface area contributed by atoms with Gasteiger partial charge in [-0.25, -0.2) is 5.32 Å². The molecule has 2 aromatic rings.